The first-order valence-corrected chi connectivity index (χ1v) is 10.2. The van der Waals surface area contributed by atoms with Crippen LogP contribution >= 0.6 is 11.6 Å². The Balaban J connectivity index is 1.79. The van der Waals surface area contributed by atoms with Crippen molar-refractivity contribution in [3.63, 3.8) is 0 Å². The third-order valence-corrected chi connectivity index (χ3v) is 6.14. The highest BCUT2D eigenvalue weighted by atomic mass is 35.5. The van der Waals surface area contributed by atoms with Gasteiger partial charge in [-0.25, -0.2) is 4.68 Å². The van der Waals surface area contributed by atoms with Gasteiger partial charge in [0.25, 0.3) is 0 Å². The third-order valence-electron chi connectivity index (χ3n) is 5.89. The van der Waals surface area contributed by atoms with Crippen LogP contribution in [0.1, 0.15) is 55.7 Å². The molecule has 2 heterocycles. The molecule has 2 aromatic carbocycles. The number of benzene rings is 2. The molecule has 0 radical (unpaired) electrons. The van der Waals surface area contributed by atoms with E-state index in [9.17, 15) is 0 Å². The minimum absolute atomic E-state index is 0.0218. The summed E-state index contributed by atoms with van der Waals surface area (Å²) in [7, 11) is 0. The molecule has 6 heteroatoms. The summed E-state index contributed by atoms with van der Waals surface area (Å²) in [6, 6.07) is 16.7. The number of rotatable bonds is 5. The zero-order valence-corrected chi connectivity index (χ0v) is 17.4. The minimum atomic E-state index is -0.156. The summed E-state index contributed by atoms with van der Waals surface area (Å²) in [4.78, 5) is 2.47. The molecule has 1 unspecified atom stereocenters. The number of fused-ring (bicyclic) bond motifs is 1. The van der Waals surface area contributed by atoms with Gasteiger partial charge < -0.3 is 0 Å². The third kappa shape index (κ3) is 3.56. The van der Waals surface area contributed by atoms with Gasteiger partial charge in [-0.15, -0.1) is 5.10 Å². The van der Waals surface area contributed by atoms with E-state index in [1.165, 1.54) is 11.1 Å². The molecule has 146 valence electrons. The predicted octanol–water partition coefficient (Wildman–Crippen LogP) is 4.62. The molecular weight excluding hydrogens is 370 g/mol. The van der Waals surface area contributed by atoms with Gasteiger partial charge in [0.05, 0.1) is 11.6 Å². The second-order valence-electron chi connectivity index (χ2n) is 8.06. The predicted molar refractivity (Wildman–Crippen MR) is 111 cm³/mol. The maximum absolute atomic E-state index is 6.16. The second kappa shape index (κ2) is 7.64. The Bertz CT molecular complexity index is 948. The number of nitrogens with zero attached hydrogens (tertiary/aromatic N) is 5. The molecule has 3 aromatic rings. The van der Waals surface area contributed by atoms with Crippen LogP contribution in [0.25, 0.3) is 0 Å². The molecule has 0 N–H and O–H groups in total. The quantitative estimate of drug-likeness (QED) is 0.632. The normalized spacial score (nSPS) is 16.0. The Labute approximate surface area is 171 Å². The van der Waals surface area contributed by atoms with Crippen molar-refractivity contribution in [2.45, 2.75) is 51.7 Å². The van der Waals surface area contributed by atoms with Crippen molar-refractivity contribution in [3.8, 4) is 0 Å². The summed E-state index contributed by atoms with van der Waals surface area (Å²) in [6.07, 6.45) is 1.97. The van der Waals surface area contributed by atoms with Crippen LogP contribution in [0.3, 0.4) is 0 Å². The first-order chi connectivity index (χ1) is 13.5. The van der Waals surface area contributed by atoms with Crippen molar-refractivity contribution >= 4 is 11.6 Å². The monoisotopic (exact) mass is 395 g/mol. The van der Waals surface area contributed by atoms with E-state index < -0.39 is 0 Å². The zero-order chi connectivity index (χ0) is 19.7. The summed E-state index contributed by atoms with van der Waals surface area (Å²) in [6.45, 7) is 8.36. The highest BCUT2D eigenvalue weighted by molar-refractivity contribution is 6.30. The summed E-state index contributed by atoms with van der Waals surface area (Å²) in [5.41, 5.74) is 3.81. The lowest BCUT2D eigenvalue weighted by molar-refractivity contribution is 0.181. The lowest BCUT2D eigenvalue weighted by Crippen LogP contribution is -2.38. The van der Waals surface area contributed by atoms with Gasteiger partial charge in [0.1, 0.15) is 0 Å². The van der Waals surface area contributed by atoms with Crippen molar-refractivity contribution < 1.29 is 0 Å². The molecule has 0 aliphatic carbocycles. The van der Waals surface area contributed by atoms with Gasteiger partial charge in [-0.1, -0.05) is 54.9 Å². The summed E-state index contributed by atoms with van der Waals surface area (Å²) in [5.74, 6) is 0.883. The van der Waals surface area contributed by atoms with Gasteiger partial charge in [0, 0.05) is 18.1 Å². The minimum Gasteiger partial charge on any atom is -0.285 e. The van der Waals surface area contributed by atoms with Crippen molar-refractivity contribution in [1.29, 1.82) is 0 Å². The fourth-order valence-corrected chi connectivity index (χ4v) is 3.98. The average molecular weight is 396 g/mol. The van der Waals surface area contributed by atoms with E-state index in [-0.39, 0.29) is 11.6 Å². The van der Waals surface area contributed by atoms with Gasteiger partial charge >= 0.3 is 0 Å². The largest absolute Gasteiger partial charge is 0.285 e. The number of tetrazole rings is 1. The topological polar surface area (TPSA) is 46.8 Å². The average Bonchev–Trinajstić information content (AvgIpc) is 3.20. The summed E-state index contributed by atoms with van der Waals surface area (Å²) >= 11 is 6.16. The van der Waals surface area contributed by atoms with E-state index in [2.05, 4.69) is 77.6 Å². The Morgan fingerprint density at radius 1 is 1.07 bits per heavy atom. The molecule has 0 saturated carbocycles. The van der Waals surface area contributed by atoms with Crippen molar-refractivity contribution in [1.82, 2.24) is 25.1 Å². The van der Waals surface area contributed by atoms with Crippen LogP contribution in [0.2, 0.25) is 5.02 Å². The van der Waals surface area contributed by atoms with Gasteiger partial charge in [-0.3, -0.25) is 4.90 Å². The lowest BCUT2D eigenvalue weighted by Gasteiger charge is -2.36. The Morgan fingerprint density at radius 3 is 2.50 bits per heavy atom. The SMILES string of the molecule is CCC(C)(C)n1nnnc1C(c1ccc(Cl)cc1)N1CCc2ccccc2C1. The maximum atomic E-state index is 6.16. The van der Waals surface area contributed by atoms with E-state index >= 15 is 0 Å². The molecule has 4 rings (SSSR count). The fourth-order valence-electron chi connectivity index (χ4n) is 3.85. The summed E-state index contributed by atoms with van der Waals surface area (Å²) < 4.78 is 1.99. The zero-order valence-electron chi connectivity index (χ0n) is 16.6. The number of hydrogen-bond donors (Lipinski definition) is 0. The summed E-state index contributed by atoms with van der Waals surface area (Å²) in [5, 5.41) is 13.6. The van der Waals surface area contributed by atoms with E-state index in [0.29, 0.717) is 0 Å². The van der Waals surface area contributed by atoms with E-state index in [1.807, 2.05) is 16.8 Å². The molecule has 5 nitrogen and oxygen atoms in total. The Morgan fingerprint density at radius 2 is 1.79 bits per heavy atom. The highest BCUT2D eigenvalue weighted by Crippen LogP contribution is 2.34. The number of aromatic nitrogens is 4. The van der Waals surface area contributed by atoms with Crippen LogP contribution in [-0.4, -0.2) is 31.7 Å². The fraction of sp³-hybridized carbons (Fsp3) is 0.409. The van der Waals surface area contributed by atoms with E-state index in [4.69, 9.17) is 11.6 Å². The molecule has 28 heavy (non-hydrogen) atoms. The molecular formula is C22H26ClN5. The van der Waals surface area contributed by atoms with Crippen LogP contribution in [0, 0.1) is 0 Å². The van der Waals surface area contributed by atoms with Gasteiger partial charge in [0.15, 0.2) is 5.82 Å². The van der Waals surface area contributed by atoms with Gasteiger partial charge in [0.2, 0.25) is 0 Å². The number of hydrogen-bond acceptors (Lipinski definition) is 4. The van der Waals surface area contributed by atoms with Crippen LogP contribution in [0.5, 0.6) is 0 Å². The molecule has 0 amide bonds. The Hall–Kier alpha value is -2.24. The molecule has 0 spiro atoms. The molecule has 1 aliphatic rings. The molecule has 1 aliphatic heterocycles. The first-order valence-electron chi connectivity index (χ1n) is 9.84. The van der Waals surface area contributed by atoms with E-state index in [1.54, 1.807) is 0 Å². The van der Waals surface area contributed by atoms with Gasteiger partial charge in [-0.2, -0.15) is 0 Å². The lowest BCUT2D eigenvalue weighted by atomic mass is 9.95. The van der Waals surface area contributed by atoms with E-state index in [0.717, 1.165) is 42.3 Å². The van der Waals surface area contributed by atoms with Crippen molar-refractivity contribution in [2.24, 2.45) is 0 Å². The second-order valence-corrected chi connectivity index (χ2v) is 8.49. The van der Waals surface area contributed by atoms with Crippen molar-refractivity contribution in [3.05, 3.63) is 76.1 Å². The molecule has 0 bridgehead atoms. The molecule has 1 aromatic heterocycles. The molecule has 0 saturated heterocycles. The highest BCUT2D eigenvalue weighted by Gasteiger charge is 2.33. The number of halogens is 1. The molecule has 0 fully saturated rings. The standard InChI is InChI=1S/C22H26ClN5/c1-4-22(2,3)28-21(24-25-26-28)20(17-9-11-19(23)12-10-17)27-14-13-16-7-5-6-8-18(16)15-27/h5-12,20H,4,13-15H2,1-3H3. The van der Waals surface area contributed by atoms with Crippen LogP contribution in [0.15, 0.2) is 48.5 Å². The first kappa shape index (κ1) is 19.1. The van der Waals surface area contributed by atoms with Crippen LogP contribution in [-0.2, 0) is 18.5 Å². The van der Waals surface area contributed by atoms with Gasteiger partial charge in [-0.05, 0) is 65.9 Å². The molecule has 1 atom stereocenters. The smallest absolute Gasteiger partial charge is 0.173 e. The maximum Gasteiger partial charge on any atom is 0.173 e. The van der Waals surface area contributed by atoms with Crippen LogP contribution in [0.4, 0.5) is 0 Å². The van der Waals surface area contributed by atoms with Crippen molar-refractivity contribution in [2.75, 3.05) is 6.54 Å². The van der Waals surface area contributed by atoms with Crippen LogP contribution < -0.4 is 0 Å². The Kier molecular flexibility index (Phi) is 5.21.